The van der Waals surface area contributed by atoms with Gasteiger partial charge < -0.3 is 15.0 Å². The van der Waals surface area contributed by atoms with Crippen LogP contribution in [0.1, 0.15) is 37.0 Å². The number of aromatic nitrogens is 3. The van der Waals surface area contributed by atoms with Gasteiger partial charge in [-0.2, -0.15) is 0 Å². The van der Waals surface area contributed by atoms with E-state index in [0.717, 1.165) is 27.1 Å². The van der Waals surface area contributed by atoms with E-state index in [0.29, 0.717) is 18.0 Å². The minimum Gasteiger partial charge on any atom is -0.449 e. The lowest BCUT2D eigenvalue weighted by molar-refractivity contribution is 0.157. The third kappa shape index (κ3) is 5.74. The molecule has 0 saturated carbocycles. The van der Waals surface area contributed by atoms with Gasteiger partial charge in [0.2, 0.25) is 0 Å². The van der Waals surface area contributed by atoms with E-state index < -0.39 is 6.09 Å². The number of amides is 1. The SMILES string of the molecule is CC(C)c1nc(CCOC(N)=O)n(Cc2ccccn2)c1Sc1cccc(Cl)c1. The van der Waals surface area contributed by atoms with Crippen LogP contribution >= 0.6 is 23.4 Å². The maximum absolute atomic E-state index is 11.0. The quantitative estimate of drug-likeness (QED) is 0.550. The summed E-state index contributed by atoms with van der Waals surface area (Å²) < 4.78 is 7.07. The molecule has 0 aliphatic rings. The summed E-state index contributed by atoms with van der Waals surface area (Å²) in [6, 6.07) is 13.6. The van der Waals surface area contributed by atoms with Crippen LogP contribution in [-0.4, -0.2) is 27.2 Å². The molecule has 0 aliphatic carbocycles. The van der Waals surface area contributed by atoms with Gasteiger partial charge >= 0.3 is 6.09 Å². The molecular formula is C21H23ClN4O2S. The molecule has 0 unspecified atom stereocenters. The van der Waals surface area contributed by atoms with E-state index in [1.807, 2.05) is 42.5 Å². The van der Waals surface area contributed by atoms with Crippen LogP contribution in [-0.2, 0) is 17.7 Å². The van der Waals surface area contributed by atoms with Gasteiger partial charge in [0.1, 0.15) is 17.5 Å². The van der Waals surface area contributed by atoms with Gasteiger partial charge in [0.25, 0.3) is 0 Å². The van der Waals surface area contributed by atoms with Crippen LogP contribution in [0.4, 0.5) is 4.79 Å². The molecule has 2 heterocycles. The molecular weight excluding hydrogens is 408 g/mol. The lowest BCUT2D eigenvalue weighted by atomic mass is 10.1. The van der Waals surface area contributed by atoms with Gasteiger partial charge in [-0.1, -0.05) is 49.3 Å². The highest BCUT2D eigenvalue weighted by Gasteiger charge is 2.21. The first kappa shape index (κ1) is 21.2. The third-order valence-corrected chi connectivity index (χ3v) is 5.55. The number of primary amides is 1. The van der Waals surface area contributed by atoms with Crippen molar-refractivity contribution in [1.82, 2.24) is 14.5 Å². The van der Waals surface area contributed by atoms with Crippen molar-refractivity contribution >= 4 is 29.5 Å². The zero-order valence-corrected chi connectivity index (χ0v) is 17.9. The number of carbonyl (C=O) groups excluding carboxylic acids is 1. The molecule has 3 rings (SSSR count). The van der Waals surface area contributed by atoms with Crippen LogP contribution in [0.15, 0.2) is 58.6 Å². The highest BCUT2D eigenvalue weighted by atomic mass is 35.5. The summed E-state index contributed by atoms with van der Waals surface area (Å²) in [6.45, 7) is 4.96. The molecule has 0 aliphatic heterocycles. The lowest BCUT2D eigenvalue weighted by Crippen LogP contribution is -2.16. The summed E-state index contributed by atoms with van der Waals surface area (Å²) in [5.41, 5.74) is 7.01. The maximum Gasteiger partial charge on any atom is 0.404 e. The molecule has 0 spiro atoms. The number of ether oxygens (including phenoxy) is 1. The van der Waals surface area contributed by atoms with Crippen LogP contribution in [0, 0.1) is 0 Å². The van der Waals surface area contributed by atoms with Crippen molar-refractivity contribution in [2.75, 3.05) is 6.61 Å². The third-order valence-electron chi connectivity index (χ3n) is 4.20. The zero-order chi connectivity index (χ0) is 20.8. The molecule has 0 bridgehead atoms. The van der Waals surface area contributed by atoms with Gasteiger partial charge in [-0.05, 0) is 36.2 Å². The Morgan fingerprint density at radius 3 is 2.76 bits per heavy atom. The number of hydrogen-bond donors (Lipinski definition) is 1. The second kappa shape index (κ2) is 9.80. The van der Waals surface area contributed by atoms with Crippen molar-refractivity contribution in [2.45, 2.75) is 42.7 Å². The van der Waals surface area contributed by atoms with Gasteiger partial charge in [-0.25, -0.2) is 9.78 Å². The monoisotopic (exact) mass is 430 g/mol. The summed E-state index contributed by atoms with van der Waals surface area (Å²) in [5, 5.41) is 1.72. The standard InChI is InChI=1S/C21H23ClN4O2S/c1-14(2)19-20(29-17-8-5-6-15(22)12-17)26(13-16-7-3-4-10-24-16)18(25-19)9-11-28-21(23)27/h3-8,10,12,14H,9,11,13H2,1-2H3,(H2,23,27). The molecule has 0 atom stereocenters. The minimum atomic E-state index is -0.787. The molecule has 1 amide bonds. The maximum atomic E-state index is 11.0. The number of imidazole rings is 1. The number of pyridine rings is 1. The van der Waals surface area contributed by atoms with Crippen LogP contribution in [0.25, 0.3) is 0 Å². The molecule has 2 N–H and O–H groups in total. The lowest BCUT2D eigenvalue weighted by Gasteiger charge is -2.13. The normalized spacial score (nSPS) is 11.0. The Kier molecular flexibility index (Phi) is 7.17. The molecule has 152 valence electrons. The van der Waals surface area contributed by atoms with Crippen molar-refractivity contribution in [3.05, 3.63) is 70.9 Å². The van der Waals surface area contributed by atoms with E-state index in [-0.39, 0.29) is 12.5 Å². The Morgan fingerprint density at radius 2 is 2.10 bits per heavy atom. The van der Waals surface area contributed by atoms with E-state index in [1.54, 1.807) is 18.0 Å². The van der Waals surface area contributed by atoms with Crippen molar-refractivity contribution in [2.24, 2.45) is 5.73 Å². The summed E-state index contributed by atoms with van der Waals surface area (Å²) >= 11 is 7.80. The number of halogens is 1. The number of benzene rings is 1. The first-order chi connectivity index (χ1) is 13.9. The minimum absolute atomic E-state index is 0.174. The first-order valence-corrected chi connectivity index (χ1v) is 10.5. The van der Waals surface area contributed by atoms with Crippen LogP contribution in [0.5, 0.6) is 0 Å². The Hall–Kier alpha value is -2.51. The fourth-order valence-electron chi connectivity index (χ4n) is 2.88. The number of hydrogen-bond acceptors (Lipinski definition) is 5. The van der Waals surface area contributed by atoms with Crippen LogP contribution in [0.2, 0.25) is 5.02 Å². The topological polar surface area (TPSA) is 83.0 Å². The second-order valence-electron chi connectivity index (χ2n) is 6.76. The highest BCUT2D eigenvalue weighted by molar-refractivity contribution is 7.99. The summed E-state index contributed by atoms with van der Waals surface area (Å²) in [7, 11) is 0. The number of nitrogens with two attached hydrogens (primary N) is 1. The summed E-state index contributed by atoms with van der Waals surface area (Å²) in [4.78, 5) is 21.3. The van der Waals surface area contributed by atoms with Crippen LogP contribution < -0.4 is 5.73 Å². The van der Waals surface area contributed by atoms with Gasteiger partial charge in [0.05, 0.1) is 17.9 Å². The predicted octanol–water partition coefficient (Wildman–Crippen LogP) is 4.89. The summed E-state index contributed by atoms with van der Waals surface area (Å²) in [6.07, 6.45) is 1.45. The van der Waals surface area contributed by atoms with Gasteiger partial charge in [-0.15, -0.1) is 0 Å². The number of carbonyl (C=O) groups is 1. The fraction of sp³-hybridized carbons (Fsp3) is 0.286. The van der Waals surface area contributed by atoms with E-state index >= 15 is 0 Å². The molecule has 3 aromatic rings. The Morgan fingerprint density at radius 1 is 1.28 bits per heavy atom. The molecule has 29 heavy (non-hydrogen) atoms. The molecule has 2 aromatic heterocycles. The highest BCUT2D eigenvalue weighted by Crippen LogP contribution is 2.36. The van der Waals surface area contributed by atoms with E-state index in [4.69, 9.17) is 27.1 Å². The van der Waals surface area contributed by atoms with Crippen molar-refractivity contribution in [3.8, 4) is 0 Å². The Labute approximate surface area is 179 Å². The Balaban J connectivity index is 2.01. The molecule has 0 saturated heterocycles. The predicted molar refractivity (Wildman–Crippen MR) is 114 cm³/mol. The average Bonchev–Trinajstić information content (AvgIpc) is 3.00. The van der Waals surface area contributed by atoms with Gasteiger partial charge in [0.15, 0.2) is 0 Å². The molecule has 0 fully saturated rings. The van der Waals surface area contributed by atoms with Crippen LogP contribution in [0.3, 0.4) is 0 Å². The van der Waals surface area contributed by atoms with E-state index in [1.165, 1.54) is 0 Å². The average molecular weight is 431 g/mol. The molecule has 8 heteroatoms. The van der Waals surface area contributed by atoms with Crippen molar-refractivity contribution in [3.63, 3.8) is 0 Å². The zero-order valence-electron chi connectivity index (χ0n) is 16.3. The van der Waals surface area contributed by atoms with Gasteiger partial charge in [0, 0.05) is 22.5 Å². The molecule has 0 radical (unpaired) electrons. The summed E-state index contributed by atoms with van der Waals surface area (Å²) in [5.74, 6) is 1.04. The van der Waals surface area contributed by atoms with Gasteiger partial charge in [-0.3, -0.25) is 4.98 Å². The largest absolute Gasteiger partial charge is 0.449 e. The van der Waals surface area contributed by atoms with E-state index in [9.17, 15) is 4.79 Å². The molecule has 1 aromatic carbocycles. The van der Waals surface area contributed by atoms with E-state index in [2.05, 4.69) is 23.4 Å². The van der Waals surface area contributed by atoms with Crippen molar-refractivity contribution < 1.29 is 9.53 Å². The number of rotatable bonds is 8. The fourth-order valence-corrected chi connectivity index (χ4v) is 4.36. The first-order valence-electron chi connectivity index (χ1n) is 9.29. The van der Waals surface area contributed by atoms with Crippen molar-refractivity contribution in [1.29, 1.82) is 0 Å². The number of nitrogens with zero attached hydrogens (tertiary/aromatic N) is 3. The Bertz CT molecular complexity index is 976. The smallest absolute Gasteiger partial charge is 0.404 e. The second-order valence-corrected chi connectivity index (χ2v) is 8.26. The molecule has 6 nitrogen and oxygen atoms in total.